The zero-order valence-corrected chi connectivity index (χ0v) is 13.6. The van der Waals surface area contributed by atoms with E-state index in [1.165, 1.54) is 35.3 Å². The van der Waals surface area contributed by atoms with Crippen LogP contribution in [0, 0.1) is 0 Å². The van der Waals surface area contributed by atoms with E-state index in [9.17, 15) is 0 Å². The van der Waals surface area contributed by atoms with E-state index in [4.69, 9.17) is 16.6 Å². The van der Waals surface area contributed by atoms with E-state index in [2.05, 4.69) is 22.4 Å². The summed E-state index contributed by atoms with van der Waals surface area (Å²) in [5.74, 6) is 0. The first kappa shape index (κ1) is 14.5. The number of rotatable bonds is 3. The van der Waals surface area contributed by atoms with Gasteiger partial charge in [-0.2, -0.15) is 0 Å². The molecule has 4 rings (SSSR count). The normalized spacial score (nSPS) is 13.8. The molecule has 0 amide bonds. The molecule has 1 aliphatic rings. The number of benzene rings is 1. The predicted octanol–water partition coefficient (Wildman–Crippen LogP) is 4.77. The summed E-state index contributed by atoms with van der Waals surface area (Å²) in [4.78, 5) is 9.04. The summed E-state index contributed by atoms with van der Waals surface area (Å²) < 4.78 is 0. The van der Waals surface area contributed by atoms with Crippen molar-refractivity contribution in [2.75, 3.05) is 5.32 Å². The van der Waals surface area contributed by atoms with Gasteiger partial charge in [-0.1, -0.05) is 17.7 Å². The quantitative estimate of drug-likeness (QED) is 0.754. The summed E-state index contributed by atoms with van der Waals surface area (Å²) in [5, 5.41) is 5.52. The van der Waals surface area contributed by atoms with Crippen LogP contribution >= 0.6 is 11.6 Å². The standard InChI is InChI=1S/C19H18ClN3/c20-14-7-8-16-18(10-14)23-17-6-2-1-5-15(17)19(16)22-12-13-4-3-9-21-11-13/h3-4,7-11H,1-2,5-6,12H2,(H,22,23). The Bertz CT molecular complexity index is 846. The summed E-state index contributed by atoms with van der Waals surface area (Å²) in [5.41, 5.74) is 5.96. The first-order chi connectivity index (χ1) is 11.3. The minimum absolute atomic E-state index is 0.735. The van der Waals surface area contributed by atoms with Gasteiger partial charge >= 0.3 is 0 Å². The van der Waals surface area contributed by atoms with Crippen LogP contribution in [0.3, 0.4) is 0 Å². The molecule has 0 saturated carbocycles. The highest BCUT2D eigenvalue weighted by Crippen LogP contribution is 2.34. The lowest BCUT2D eigenvalue weighted by atomic mass is 9.92. The summed E-state index contributed by atoms with van der Waals surface area (Å²) in [6, 6.07) is 10.0. The SMILES string of the molecule is Clc1ccc2c(NCc3cccnc3)c3c(nc2c1)CCCC3. The third kappa shape index (κ3) is 2.89. The van der Waals surface area contributed by atoms with Crippen LogP contribution < -0.4 is 5.32 Å². The fraction of sp³-hybridized carbons (Fsp3) is 0.263. The molecule has 0 radical (unpaired) electrons. The van der Waals surface area contributed by atoms with Crippen molar-refractivity contribution in [2.45, 2.75) is 32.2 Å². The van der Waals surface area contributed by atoms with Gasteiger partial charge in [-0.15, -0.1) is 0 Å². The first-order valence-electron chi connectivity index (χ1n) is 8.05. The molecule has 0 fully saturated rings. The Hall–Kier alpha value is -2.13. The molecule has 0 saturated heterocycles. The number of fused-ring (bicyclic) bond motifs is 2. The van der Waals surface area contributed by atoms with Gasteiger partial charge in [-0.3, -0.25) is 9.97 Å². The van der Waals surface area contributed by atoms with Gasteiger partial charge in [0.05, 0.1) is 5.52 Å². The molecule has 1 N–H and O–H groups in total. The first-order valence-corrected chi connectivity index (χ1v) is 8.43. The molecular formula is C19H18ClN3. The second-order valence-electron chi connectivity index (χ2n) is 6.00. The van der Waals surface area contributed by atoms with Crippen LogP contribution in [0.5, 0.6) is 0 Å². The van der Waals surface area contributed by atoms with Crippen molar-refractivity contribution in [1.82, 2.24) is 9.97 Å². The van der Waals surface area contributed by atoms with Crippen LogP contribution in [-0.4, -0.2) is 9.97 Å². The molecule has 0 unspecified atom stereocenters. The highest BCUT2D eigenvalue weighted by Gasteiger charge is 2.18. The van der Waals surface area contributed by atoms with Gasteiger partial charge in [0.1, 0.15) is 0 Å². The number of hydrogen-bond donors (Lipinski definition) is 1. The van der Waals surface area contributed by atoms with Gasteiger partial charge in [0.2, 0.25) is 0 Å². The van der Waals surface area contributed by atoms with Crippen molar-refractivity contribution >= 4 is 28.2 Å². The topological polar surface area (TPSA) is 37.8 Å². The van der Waals surface area contributed by atoms with E-state index in [0.29, 0.717) is 0 Å². The molecular weight excluding hydrogens is 306 g/mol. The number of nitrogens with zero attached hydrogens (tertiary/aromatic N) is 2. The van der Waals surface area contributed by atoms with Crippen LogP contribution in [0.2, 0.25) is 5.02 Å². The molecule has 0 atom stereocenters. The Morgan fingerprint density at radius 2 is 2.04 bits per heavy atom. The van der Waals surface area contributed by atoms with Crippen molar-refractivity contribution < 1.29 is 0 Å². The van der Waals surface area contributed by atoms with E-state index >= 15 is 0 Å². The zero-order chi connectivity index (χ0) is 15.6. The molecule has 1 aliphatic carbocycles. The van der Waals surface area contributed by atoms with Gasteiger partial charge in [-0.25, -0.2) is 0 Å². The number of aromatic nitrogens is 2. The lowest BCUT2D eigenvalue weighted by Crippen LogP contribution is -2.11. The zero-order valence-electron chi connectivity index (χ0n) is 12.8. The molecule has 3 aromatic rings. The van der Waals surface area contributed by atoms with Gasteiger partial charge in [-0.05, 0) is 61.1 Å². The van der Waals surface area contributed by atoms with Gasteiger partial charge in [0.25, 0.3) is 0 Å². The number of nitrogens with one attached hydrogen (secondary N) is 1. The molecule has 3 nitrogen and oxygen atoms in total. The maximum Gasteiger partial charge on any atom is 0.0741 e. The maximum atomic E-state index is 6.16. The predicted molar refractivity (Wildman–Crippen MR) is 95.0 cm³/mol. The van der Waals surface area contributed by atoms with Crippen LogP contribution in [-0.2, 0) is 19.4 Å². The molecule has 23 heavy (non-hydrogen) atoms. The molecule has 2 aromatic heterocycles. The van der Waals surface area contributed by atoms with Gasteiger partial charge < -0.3 is 5.32 Å². The second kappa shape index (κ2) is 6.17. The van der Waals surface area contributed by atoms with Gasteiger partial charge in [0, 0.05) is 40.7 Å². The van der Waals surface area contributed by atoms with E-state index in [0.717, 1.165) is 35.3 Å². The highest BCUT2D eigenvalue weighted by atomic mass is 35.5. The molecule has 0 bridgehead atoms. The lowest BCUT2D eigenvalue weighted by Gasteiger charge is -2.21. The Balaban J connectivity index is 1.79. The minimum atomic E-state index is 0.735. The van der Waals surface area contributed by atoms with Crippen molar-refractivity contribution in [3.63, 3.8) is 0 Å². The highest BCUT2D eigenvalue weighted by molar-refractivity contribution is 6.31. The van der Waals surface area contributed by atoms with Crippen LogP contribution in [0.4, 0.5) is 5.69 Å². The fourth-order valence-electron chi connectivity index (χ4n) is 3.29. The summed E-state index contributed by atoms with van der Waals surface area (Å²) in [6.45, 7) is 0.766. The van der Waals surface area contributed by atoms with E-state index < -0.39 is 0 Å². The van der Waals surface area contributed by atoms with E-state index in [1.807, 2.05) is 24.4 Å². The Labute approximate surface area is 140 Å². The van der Waals surface area contributed by atoms with Crippen molar-refractivity contribution in [1.29, 1.82) is 0 Å². The van der Waals surface area contributed by atoms with E-state index in [-0.39, 0.29) is 0 Å². The number of hydrogen-bond acceptors (Lipinski definition) is 3. The largest absolute Gasteiger partial charge is 0.380 e. The molecule has 4 heteroatoms. The number of aryl methyl sites for hydroxylation is 1. The third-order valence-electron chi connectivity index (χ3n) is 4.42. The average Bonchev–Trinajstić information content (AvgIpc) is 2.59. The maximum absolute atomic E-state index is 6.16. The third-order valence-corrected chi connectivity index (χ3v) is 4.65. The molecule has 0 aliphatic heterocycles. The molecule has 116 valence electrons. The number of pyridine rings is 2. The van der Waals surface area contributed by atoms with Crippen molar-refractivity contribution in [3.8, 4) is 0 Å². The smallest absolute Gasteiger partial charge is 0.0741 e. The average molecular weight is 324 g/mol. The molecule has 1 aromatic carbocycles. The van der Waals surface area contributed by atoms with Crippen LogP contribution in [0.15, 0.2) is 42.7 Å². The summed E-state index contributed by atoms with van der Waals surface area (Å²) >= 11 is 6.16. The fourth-order valence-corrected chi connectivity index (χ4v) is 3.46. The number of anilines is 1. The van der Waals surface area contributed by atoms with Crippen LogP contribution in [0.25, 0.3) is 10.9 Å². The minimum Gasteiger partial charge on any atom is -0.380 e. The summed E-state index contributed by atoms with van der Waals surface area (Å²) in [7, 11) is 0. The number of halogens is 1. The lowest BCUT2D eigenvalue weighted by molar-refractivity contribution is 0.672. The molecule has 2 heterocycles. The Morgan fingerprint density at radius 1 is 1.13 bits per heavy atom. The monoisotopic (exact) mass is 323 g/mol. The van der Waals surface area contributed by atoms with Crippen molar-refractivity contribution in [3.05, 3.63) is 64.6 Å². The summed E-state index contributed by atoms with van der Waals surface area (Å²) in [6.07, 6.45) is 8.30. The van der Waals surface area contributed by atoms with Crippen LogP contribution in [0.1, 0.15) is 29.7 Å². The van der Waals surface area contributed by atoms with Gasteiger partial charge in [0.15, 0.2) is 0 Å². The Kier molecular flexibility index (Phi) is 3.88. The van der Waals surface area contributed by atoms with E-state index in [1.54, 1.807) is 6.20 Å². The molecule has 0 spiro atoms. The second-order valence-corrected chi connectivity index (χ2v) is 6.43. The van der Waals surface area contributed by atoms with Crippen molar-refractivity contribution in [2.24, 2.45) is 0 Å². The Morgan fingerprint density at radius 3 is 2.91 bits per heavy atom.